The molecule has 0 fully saturated rings. The van der Waals surface area contributed by atoms with Crippen LogP contribution in [0.1, 0.15) is 11.1 Å². The molecule has 3 rings (SSSR count). The summed E-state index contributed by atoms with van der Waals surface area (Å²) in [6.07, 6.45) is -2.97. The molecule has 0 aliphatic rings. The van der Waals surface area contributed by atoms with Crippen molar-refractivity contribution in [3.63, 3.8) is 0 Å². The lowest BCUT2D eigenvalue weighted by atomic mass is 10.1. The fraction of sp³-hybridized carbons (Fsp3) is 0.158. The van der Waals surface area contributed by atoms with Crippen LogP contribution in [0, 0.1) is 0 Å². The third-order valence-electron chi connectivity index (χ3n) is 3.77. The monoisotopic (exact) mass is 374 g/mol. The van der Waals surface area contributed by atoms with E-state index in [0.717, 1.165) is 16.5 Å². The van der Waals surface area contributed by atoms with Crippen molar-refractivity contribution in [2.45, 2.75) is 19.5 Å². The lowest BCUT2D eigenvalue weighted by molar-refractivity contribution is -0.274. The van der Waals surface area contributed by atoms with Gasteiger partial charge in [-0.05, 0) is 29.3 Å². The number of para-hydroxylation sites is 1. The number of rotatable bonds is 5. The van der Waals surface area contributed by atoms with E-state index in [1.165, 1.54) is 24.3 Å². The largest absolute Gasteiger partial charge is 0.573 e. The molecule has 0 spiro atoms. The Kier molecular flexibility index (Phi) is 5.44. The standard InChI is InChI=1S/C19H17F3N4O/c20-19(21,22)27-16-8-6-13(7-9-16)11-25-18(23)26-12-15-4-1-3-14-5-2-10-24-17(14)15/h1-10H,11-12H2,(H3,23,25,26). The first-order chi connectivity index (χ1) is 12.9. The van der Waals surface area contributed by atoms with Gasteiger partial charge in [0.2, 0.25) is 0 Å². The van der Waals surface area contributed by atoms with Crippen molar-refractivity contribution in [2.75, 3.05) is 0 Å². The maximum Gasteiger partial charge on any atom is 0.573 e. The van der Waals surface area contributed by atoms with Crippen LogP contribution in [0.3, 0.4) is 0 Å². The van der Waals surface area contributed by atoms with Crippen molar-refractivity contribution in [1.82, 2.24) is 10.3 Å². The van der Waals surface area contributed by atoms with Gasteiger partial charge in [0.1, 0.15) is 5.75 Å². The molecule has 0 aliphatic carbocycles. The number of benzene rings is 2. The van der Waals surface area contributed by atoms with Gasteiger partial charge in [0.25, 0.3) is 0 Å². The smallest absolute Gasteiger partial charge is 0.406 e. The minimum atomic E-state index is -4.70. The summed E-state index contributed by atoms with van der Waals surface area (Å²) in [5.41, 5.74) is 8.46. The predicted molar refractivity (Wildman–Crippen MR) is 97.0 cm³/mol. The van der Waals surface area contributed by atoms with E-state index in [1.807, 2.05) is 30.3 Å². The predicted octanol–water partition coefficient (Wildman–Crippen LogP) is 3.74. The number of nitrogens with zero attached hydrogens (tertiary/aromatic N) is 2. The van der Waals surface area contributed by atoms with E-state index in [9.17, 15) is 13.2 Å². The topological polar surface area (TPSA) is 72.5 Å². The van der Waals surface area contributed by atoms with E-state index in [4.69, 9.17) is 5.73 Å². The molecule has 27 heavy (non-hydrogen) atoms. The van der Waals surface area contributed by atoms with Crippen molar-refractivity contribution in [3.05, 3.63) is 71.9 Å². The number of nitrogens with one attached hydrogen (secondary N) is 1. The first-order valence-electron chi connectivity index (χ1n) is 8.12. The molecule has 2 aromatic carbocycles. The highest BCUT2D eigenvalue weighted by atomic mass is 19.4. The number of hydrogen-bond acceptors (Lipinski definition) is 3. The number of nitrogens with two attached hydrogens (primary N) is 1. The van der Waals surface area contributed by atoms with Gasteiger partial charge in [-0.1, -0.05) is 36.4 Å². The van der Waals surface area contributed by atoms with Crippen LogP contribution < -0.4 is 15.8 Å². The van der Waals surface area contributed by atoms with Crippen molar-refractivity contribution in [1.29, 1.82) is 0 Å². The van der Waals surface area contributed by atoms with Crippen LogP contribution in [0.4, 0.5) is 13.2 Å². The number of halogens is 3. The zero-order valence-electron chi connectivity index (χ0n) is 14.2. The summed E-state index contributed by atoms with van der Waals surface area (Å²) < 4.78 is 40.3. The van der Waals surface area contributed by atoms with Gasteiger partial charge in [-0.15, -0.1) is 13.2 Å². The van der Waals surface area contributed by atoms with Crippen molar-refractivity contribution >= 4 is 16.9 Å². The fourth-order valence-electron chi connectivity index (χ4n) is 2.52. The van der Waals surface area contributed by atoms with Gasteiger partial charge < -0.3 is 15.8 Å². The molecule has 0 unspecified atom stereocenters. The fourth-order valence-corrected chi connectivity index (χ4v) is 2.52. The van der Waals surface area contributed by atoms with Crippen LogP contribution in [0.25, 0.3) is 10.9 Å². The van der Waals surface area contributed by atoms with Crippen LogP contribution in [-0.4, -0.2) is 17.3 Å². The summed E-state index contributed by atoms with van der Waals surface area (Å²) in [5.74, 6) is -0.0386. The van der Waals surface area contributed by atoms with Crippen molar-refractivity contribution in [3.8, 4) is 5.75 Å². The SMILES string of the molecule is NC(=NCc1ccc(OC(F)(F)F)cc1)NCc1cccc2cccnc12. The Bertz CT molecular complexity index is 934. The number of aromatic nitrogens is 1. The number of pyridine rings is 1. The molecule has 0 bridgehead atoms. The van der Waals surface area contributed by atoms with E-state index in [2.05, 4.69) is 20.0 Å². The summed E-state index contributed by atoms with van der Waals surface area (Å²) >= 11 is 0. The highest BCUT2D eigenvalue weighted by molar-refractivity contribution is 5.82. The maximum atomic E-state index is 12.1. The molecule has 0 saturated carbocycles. The van der Waals surface area contributed by atoms with Crippen LogP contribution in [-0.2, 0) is 13.1 Å². The Balaban J connectivity index is 1.58. The van der Waals surface area contributed by atoms with Crippen molar-refractivity contribution < 1.29 is 17.9 Å². The van der Waals surface area contributed by atoms with Crippen molar-refractivity contribution in [2.24, 2.45) is 10.7 Å². The average molecular weight is 374 g/mol. The summed E-state index contributed by atoms with van der Waals surface area (Å²) in [6.45, 7) is 0.695. The normalized spacial score (nSPS) is 12.2. The van der Waals surface area contributed by atoms with Gasteiger partial charge >= 0.3 is 6.36 Å². The lowest BCUT2D eigenvalue weighted by Gasteiger charge is -2.09. The number of alkyl halides is 3. The molecule has 5 nitrogen and oxygen atoms in total. The number of fused-ring (bicyclic) bond motifs is 1. The molecule has 0 saturated heterocycles. The number of aliphatic imine (C=N–C) groups is 1. The molecule has 0 aliphatic heterocycles. The molecule has 1 aromatic heterocycles. The number of ether oxygens (including phenoxy) is 1. The van der Waals surface area contributed by atoms with Gasteiger partial charge in [-0.2, -0.15) is 0 Å². The Hall–Kier alpha value is -3.29. The summed E-state index contributed by atoms with van der Waals surface area (Å²) in [7, 11) is 0. The molecule has 1 heterocycles. The first-order valence-corrected chi connectivity index (χ1v) is 8.12. The third kappa shape index (κ3) is 5.34. The highest BCUT2D eigenvalue weighted by Crippen LogP contribution is 2.22. The molecule has 0 radical (unpaired) electrons. The first kappa shape index (κ1) is 18.5. The van der Waals surface area contributed by atoms with E-state index < -0.39 is 6.36 Å². The molecule has 0 atom stereocenters. The maximum absolute atomic E-state index is 12.1. The lowest BCUT2D eigenvalue weighted by Crippen LogP contribution is -2.31. The zero-order chi connectivity index (χ0) is 19.3. The minimum Gasteiger partial charge on any atom is -0.406 e. The van der Waals surface area contributed by atoms with E-state index in [-0.39, 0.29) is 18.3 Å². The number of hydrogen-bond donors (Lipinski definition) is 2. The highest BCUT2D eigenvalue weighted by Gasteiger charge is 2.30. The quantitative estimate of drug-likeness (QED) is 0.527. The Morgan fingerprint density at radius 1 is 1.07 bits per heavy atom. The van der Waals surface area contributed by atoms with Gasteiger partial charge in [0, 0.05) is 18.1 Å². The van der Waals surface area contributed by atoms with Gasteiger partial charge in [-0.25, -0.2) is 4.99 Å². The minimum absolute atomic E-state index is 0.235. The molecule has 8 heteroatoms. The number of guanidine groups is 1. The Morgan fingerprint density at radius 3 is 2.56 bits per heavy atom. The summed E-state index contributed by atoms with van der Waals surface area (Å²) in [5, 5.41) is 4.05. The van der Waals surface area contributed by atoms with Crippen LogP contribution in [0.5, 0.6) is 5.75 Å². The summed E-state index contributed by atoms with van der Waals surface area (Å²) in [4.78, 5) is 8.57. The second kappa shape index (κ2) is 7.94. The molecule has 0 amide bonds. The summed E-state index contributed by atoms with van der Waals surface area (Å²) in [6, 6.07) is 15.2. The molecule has 140 valence electrons. The van der Waals surface area contributed by atoms with E-state index in [0.29, 0.717) is 12.1 Å². The second-order valence-corrected chi connectivity index (χ2v) is 5.74. The third-order valence-corrected chi connectivity index (χ3v) is 3.77. The molecular formula is C19H17F3N4O. The Labute approximate surface area is 153 Å². The second-order valence-electron chi connectivity index (χ2n) is 5.74. The van der Waals surface area contributed by atoms with Gasteiger partial charge in [0.15, 0.2) is 5.96 Å². The van der Waals surface area contributed by atoms with E-state index >= 15 is 0 Å². The Morgan fingerprint density at radius 2 is 1.81 bits per heavy atom. The molecular weight excluding hydrogens is 357 g/mol. The molecule has 3 aromatic rings. The van der Waals surface area contributed by atoms with Crippen LogP contribution in [0.2, 0.25) is 0 Å². The van der Waals surface area contributed by atoms with Gasteiger partial charge in [-0.3, -0.25) is 4.98 Å². The van der Waals surface area contributed by atoms with E-state index in [1.54, 1.807) is 6.20 Å². The molecule has 3 N–H and O–H groups in total. The average Bonchev–Trinajstić information content (AvgIpc) is 2.64. The zero-order valence-corrected chi connectivity index (χ0v) is 14.2. The van der Waals surface area contributed by atoms with Crippen LogP contribution in [0.15, 0.2) is 65.8 Å². The van der Waals surface area contributed by atoms with Crippen LogP contribution >= 0.6 is 0 Å². The van der Waals surface area contributed by atoms with Gasteiger partial charge in [0.05, 0.1) is 12.1 Å².